The Bertz CT molecular complexity index is 1190. The zero-order valence-electron chi connectivity index (χ0n) is 20.6. The number of para-hydroxylation sites is 1. The highest BCUT2D eigenvalue weighted by Gasteiger charge is 2.38. The number of carboxylic acid groups (broad SMARTS) is 1. The molecule has 1 amide bonds. The number of hydrogen-bond donors (Lipinski definition) is 2. The van der Waals surface area contributed by atoms with Crippen LogP contribution in [-0.4, -0.2) is 85.7 Å². The minimum absolute atomic E-state index is 0.0436. The summed E-state index contributed by atoms with van der Waals surface area (Å²) in [5.41, 5.74) is 1.58. The number of aliphatic carboxylic acids is 1. The minimum atomic E-state index is -5.08. The summed E-state index contributed by atoms with van der Waals surface area (Å²) in [4.78, 5) is 27.4. The number of carboxylic acids is 1. The van der Waals surface area contributed by atoms with Crippen molar-refractivity contribution in [1.29, 1.82) is 0 Å². The molecule has 0 radical (unpaired) electrons. The number of alkyl halides is 3. The average molecular weight is 539 g/mol. The molecule has 3 heterocycles. The quantitative estimate of drug-likeness (QED) is 0.507. The van der Waals surface area contributed by atoms with Crippen molar-refractivity contribution in [3.63, 3.8) is 0 Å². The molecule has 1 saturated heterocycles. The van der Waals surface area contributed by atoms with Gasteiger partial charge in [-0.05, 0) is 50.4 Å². The predicted octanol–water partition coefficient (Wildman–Crippen LogP) is 4.15. The van der Waals surface area contributed by atoms with Gasteiger partial charge in [-0.3, -0.25) is 9.69 Å². The van der Waals surface area contributed by atoms with Crippen molar-refractivity contribution in [2.24, 2.45) is 0 Å². The molecule has 2 N–H and O–H groups in total. The molecule has 0 saturated carbocycles. The Labute approximate surface area is 216 Å². The molecule has 8 nitrogen and oxygen atoms in total. The molecule has 37 heavy (non-hydrogen) atoms. The molecular formula is C25H29F3N4O4S. The number of aliphatic hydroxyl groups is 1. The van der Waals surface area contributed by atoms with Crippen molar-refractivity contribution >= 4 is 23.2 Å². The maximum atomic E-state index is 13.4. The highest BCUT2D eigenvalue weighted by atomic mass is 32.1. The fraction of sp³-hybridized carbons (Fsp3) is 0.400. The van der Waals surface area contributed by atoms with E-state index in [1.807, 2.05) is 77.3 Å². The summed E-state index contributed by atoms with van der Waals surface area (Å²) in [6.45, 7) is 8.41. The van der Waals surface area contributed by atoms with Crippen LogP contribution < -0.4 is 0 Å². The van der Waals surface area contributed by atoms with Gasteiger partial charge in [0.2, 0.25) is 0 Å². The van der Waals surface area contributed by atoms with Crippen molar-refractivity contribution in [3.8, 4) is 16.3 Å². The molecule has 12 heteroatoms. The van der Waals surface area contributed by atoms with Crippen LogP contribution in [0.15, 0.2) is 53.9 Å². The molecule has 1 aliphatic rings. The number of aromatic nitrogens is 2. The van der Waals surface area contributed by atoms with Crippen molar-refractivity contribution in [2.45, 2.75) is 38.6 Å². The van der Waals surface area contributed by atoms with E-state index in [9.17, 15) is 23.1 Å². The molecule has 2 aromatic heterocycles. The molecule has 1 atom stereocenters. The van der Waals surface area contributed by atoms with Gasteiger partial charge in [0.1, 0.15) is 0 Å². The van der Waals surface area contributed by atoms with Crippen molar-refractivity contribution in [2.75, 3.05) is 26.2 Å². The van der Waals surface area contributed by atoms with Gasteiger partial charge in [-0.2, -0.15) is 18.3 Å². The molecule has 1 aromatic carbocycles. The van der Waals surface area contributed by atoms with E-state index in [-0.39, 0.29) is 11.9 Å². The second-order valence-corrected chi connectivity index (χ2v) is 10.3. The molecule has 0 bridgehead atoms. The van der Waals surface area contributed by atoms with Crippen LogP contribution in [0.5, 0.6) is 0 Å². The van der Waals surface area contributed by atoms with Crippen LogP contribution in [0.2, 0.25) is 0 Å². The van der Waals surface area contributed by atoms with E-state index in [4.69, 9.17) is 15.0 Å². The van der Waals surface area contributed by atoms with Gasteiger partial charge in [-0.1, -0.05) is 24.3 Å². The van der Waals surface area contributed by atoms with Crippen LogP contribution in [0.1, 0.15) is 31.3 Å². The minimum Gasteiger partial charge on any atom is -0.475 e. The molecule has 3 aromatic rings. The second kappa shape index (κ2) is 11.4. The monoisotopic (exact) mass is 538 g/mol. The second-order valence-electron chi connectivity index (χ2n) is 9.34. The molecule has 0 spiro atoms. The Balaban J connectivity index is 0.000000479. The zero-order chi connectivity index (χ0) is 27.4. The lowest BCUT2D eigenvalue weighted by atomic mass is 10.1. The third-order valence-electron chi connectivity index (χ3n) is 5.53. The summed E-state index contributed by atoms with van der Waals surface area (Å²) >= 11 is 1.64. The zero-order valence-corrected chi connectivity index (χ0v) is 21.5. The third kappa shape index (κ3) is 7.63. The lowest BCUT2D eigenvalue weighted by molar-refractivity contribution is -0.192. The molecule has 200 valence electrons. The number of hydrogen-bond acceptors (Lipinski definition) is 6. The van der Waals surface area contributed by atoms with Gasteiger partial charge in [0.05, 0.1) is 21.9 Å². The normalized spacial score (nSPS) is 16.7. The lowest BCUT2D eigenvalue weighted by Gasteiger charge is -2.41. The molecule has 1 fully saturated rings. The number of carbonyl (C=O) groups is 2. The largest absolute Gasteiger partial charge is 0.490 e. The number of amides is 1. The summed E-state index contributed by atoms with van der Waals surface area (Å²) in [5, 5.41) is 24.0. The maximum Gasteiger partial charge on any atom is 0.490 e. The Morgan fingerprint density at radius 2 is 1.76 bits per heavy atom. The van der Waals surface area contributed by atoms with E-state index in [1.54, 1.807) is 11.3 Å². The highest BCUT2D eigenvalue weighted by Crippen LogP contribution is 2.29. The van der Waals surface area contributed by atoms with Gasteiger partial charge >= 0.3 is 12.1 Å². The summed E-state index contributed by atoms with van der Waals surface area (Å²) < 4.78 is 33.6. The average Bonchev–Trinajstić information content (AvgIpc) is 3.48. The van der Waals surface area contributed by atoms with E-state index < -0.39 is 17.7 Å². The van der Waals surface area contributed by atoms with Gasteiger partial charge in [0.25, 0.3) is 5.91 Å². The van der Waals surface area contributed by atoms with E-state index in [2.05, 4.69) is 11.8 Å². The Kier molecular flexibility index (Phi) is 8.77. The Morgan fingerprint density at radius 1 is 1.11 bits per heavy atom. The van der Waals surface area contributed by atoms with Crippen LogP contribution >= 0.6 is 11.3 Å². The van der Waals surface area contributed by atoms with Crippen LogP contribution in [0.25, 0.3) is 16.3 Å². The van der Waals surface area contributed by atoms with Gasteiger partial charge in [0, 0.05) is 32.2 Å². The number of benzene rings is 1. The first-order chi connectivity index (χ1) is 17.3. The van der Waals surface area contributed by atoms with Gasteiger partial charge in [-0.25, -0.2) is 9.48 Å². The molecule has 1 aliphatic heterocycles. The third-order valence-corrected chi connectivity index (χ3v) is 6.42. The summed E-state index contributed by atoms with van der Waals surface area (Å²) in [6, 6.07) is 15.9. The Morgan fingerprint density at radius 3 is 2.27 bits per heavy atom. The highest BCUT2D eigenvalue weighted by molar-refractivity contribution is 7.13. The van der Waals surface area contributed by atoms with Crippen LogP contribution in [0.3, 0.4) is 0 Å². The number of piperazine rings is 1. The van der Waals surface area contributed by atoms with Gasteiger partial charge < -0.3 is 15.1 Å². The van der Waals surface area contributed by atoms with Crippen LogP contribution in [0.4, 0.5) is 13.2 Å². The topological polar surface area (TPSA) is 98.9 Å². The fourth-order valence-corrected chi connectivity index (χ4v) is 4.75. The number of thiophene rings is 1. The molecule has 1 unspecified atom stereocenters. The number of carbonyl (C=O) groups excluding carboxylic acids is 1. The molecule has 0 aliphatic carbocycles. The van der Waals surface area contributed by atoms with Crippen molar-refractivity contribution in [1.82, 2.24) is 19.6 Å². The van der Waals surface area contributed by atoms with E-state index in [0.29, 0.717) is 18.8 Å². The van der Waals surface area contributed by atoms with E-state index >= 15 is 0 Å². The smallest absolute Gasteiger partial charge is 0.475 e. The lowest BCUT2D eigenvalue weighted by Crippen LogP contribution is -2.56. The SMILES string of the molecule is CC1CN(CC(C)(C)O)CCN1C(=O)c1cc(-c2cccs2)n(-c2ccccc2)n1.O=C(O)C(F)(F)F. The maximum absolute atomic E-state index is 13.4. The van der Waals surface area contributed by atoms with E-state index in [0.717, 1.165) is 29.3 Å². The molecule has 4 rings (SSSR count). The van der Waals surface area contributed by atoms with Crippen molar-refractivity contribution < 1.29 is 33.0 Å². The summed E-state index contributed by atoms with van der Waals surface area (Å²) in [5.74, 6) is -2.80. The fourth-order valence-electron chi connectivity index (χ4n) is 4.02. The number of halogens is 3. The van der Waals surface area contributed by atoms with Crippen molar-refractivity contribution in [3.05, 3.63) is 59.6 Å². The molecular weight excluding hydrogens is 509 g/mol. The number of nitrogens with zero attached hydrogens (tertiary/aromatic N) is 4. The first kappa shape index (κ1) is 28.4. The predicted molar refractivity (Wildman–Crippen MR) is 134 cm³/mol. The number of rotatable bonds is 5. The number of β-amino-alcohol motifs (C(OH)–C–C–N with tert-alkyl or cyclic N) is 1. The standard InChI is InChI=1S/C23H28N4O2S.C2HF3O2/c1-17-15-25(16-23(2,3)29)11-12-26(17)22(28)19-14-20(21-10-7-13-30-21)27(24-19)18-8-5-4-6-9-18;3-2(4,5)1(6)7/h4-10,13-14,17,29H,11-12,15-16H2,1-3H3;(H,6,7). The summed E-state index contributed by atoms with van der Waals surface area (Å²) in [6.07, 6.45) is -5.08. The van der Waals surface area contributed by atoms with Gasteiger partial charge in [0.15, 0.2) is 5.69 Å². The van der Waals surface area contributed by atoms with Gasteiger partial charge in [-0.15, -0.1) is 11.3 Å². The van der Waals surface area contributed by atoms with Crippen LogP contribution in [0, 0.1) is 0 Å². The first-order valence-corrected chi connectivity index (χ1v) is 12.4. The first-order valence-electron chi connectivity index (χ1n) is 11.5. The Hall–Kier alpha value is -3.22. The van der Waals surface area contributed by atoms with E-state index in [1.165, 1.54) is 0 Å². The summed E-state index contributed by atoms with van der Waals surface area (Å²) in [7, 11) is 0. The van der Waals surface area contributed by atoms with Crippen LogP contribution in [-0.2, 0) is 4.79 Å².